The maximum atomic E-state index is 13.2. The highest BCUT2D eigenvalue weighted by atomic mass is 32.2. The number of sulfonamides is 1. The first-order valence-corrected chi connectivity index (χ1v) is 11.6. The minimum absolute atomic E-state index is 0.0376. The summed E-state index contributed by atoms with van der Waals surface area (Å²) in [4.78, 5) is 8.86. The minimum Gasteiger partial charge on any atom is -0.367 e. The third-order valence-corrected chi connectivity index (χ3v) is 7.53. The molecule has 0 saturated carbocycles. The van der Waals surface area contributed by atoms with Gasteiger partial charge in [0.15, 0.2) is 0 Å². The van der Waals surface area contributed by atoms with E-state index in [2.05, 4.69) is 14.8 Å². The van der Waals surface area contributed by atoms with Crippen LogP contribution in [-0.4, -0.2) is 75.0 Å². The Balaban J connectivity index is 1.49. The fourth-order valence-corrected chi connectivity index (χ4v) is 5.26. The number of benzene rings is 1. The van der Waals surface area contributed by atoms with E-state index in [1.54, 1.807) is 24.3 Å². The lowest BCUT2D eigenvalue weighted by atomic mass is 10.1. The zero-order valence-corrected chi connectivity index (χ0v) is 18.1. The van der Waals surface area contributed by atoms with Gasteiger partial charge in [-0.2, -0.15) is 4.31 Å². The molecule has 30 heavy (non-hydrogen) atoms. The highest BCUT2D eigenvalue weighted by Gasteiger charge is 2.30. The number of morpholine rings is 1. The van der Waals surface area contributed by atoms with Crippen molar-refractivity contribution in [3.05, 3.63) is 54.0 Å². The maximum Gasteiger partial charge on any atom is 0.244 e. The predicted molar refractivity (Wildman–Crippen MR) is 112 cm³/mol. The van der Waals surface area contributed by atoms with Crippen LogP contribution in [-0.2, 0) is 14.8 Å². The molecule has 4 rings (SSSR count). The summed E-state index contributed by atoms with van der Waals surface area (Å²) in [5, 5.41) is 0. The number of hydrogen-bond donors (Lipinski definition) is 0. The smallest absolute Gasteiger partial charge is 0.244 e. The van der Waals surface area contributed by atoms with Gasteiger partial charge in [-0.05, 0) is 43.8 Å². The maximum absolute atomic E-state index is 13.2. The number of hydrogen-bond acceptors (Lipinski definition) is 6. The van der Waals surface area contributed by atoms with E-state index in [4.69, 9.17) is 4.74 Å². The second-order valence-corrected chi connectivity index (χ2v) is 9.89. The van der Waals surface area contributed by atoms with Gasteiger partial charge in [0.25, 0.3) is 0 Å². The van der Waals surface area contributed by atoms with Gasteiger partial charge in [0.1, 0.15) is 22.6 Å². The number of piperazine rings is 1. The van der Waals surface area contributed by atoms with Crippen molar-refractivity contribution in [3.63, 3.8) is 0 Å². The van der Waals surface area contributed by atoms with E-state index in [1.165, 1.54) is 22.6 Å². The zero-order chi connectivity index (χ0) is 21.3. The lowest BCUT2D eigenvalue weighted by Crippen LogP contribution is -2.47. The Morgan fingerprint density at radius 3 is 2.37 bits per heavy atom. The van der Waals surface area contributed by atoms with Crippen molar-refractivity contribution in [1.29, 1.82) is 0 Å². The molecule has 0 bridgehead atoms. The summed E-state index contributed by atoms with van der Waals surface area (Å²) in [7, 11) is -1.55. The quantitative estimate of drug-likeness (QED) is 0.735. The van der Waals surface area contributed by atoms with Gasteiger partial charge in [-0.1, -0.05) is 12.1 Å². The largest absolute Gasteiger partial charge is 0.367 e. The number of likely N-dealkylation sites (N-methyl/N-ethyl adjacent to an activating group) is 1. The normalized spacial score (nSPS) is 24.2. The van der Waals surface area contributed by atoms with Crippen LogP contribution in [0.4, 0.5) is 10.2 Å². The lowest BCUT2D eigenvalue weighted by Gasteiger charge is -2.37. The molecule has 2 saturated heterocycles. The number of anilines is 1. The molecule has 7 nitrogen and oxygen atoms in total. The molecule has 0 N–H and O–H groups in total. The van der Waals surface area contributed by atoms with Crippen LogP contribution in [0, 0.1) is 5.82 Å². The predicted octanol–water partition coefficient (Wildman–Crippen LogP) is 2.12. The highest BCUT2D eigenvalue weighted by molar-refractivity contribution is 7.89. The van der Waals surface area contributed by atoms with E-state index in [0.717, 1.165) is 18.7 Å². The molecule has 1 aromatic carbocycles. The molecule has 0 aliphatic carbocycles. The Morgan fingerprint density at radius 1 is 1.03 bits per heavy atom. The van der Waals surface area contributed by atoms with E-state index < -0.39 is 10.0 Å². The third-order valence-electron chi connectivity index (χ3n) is 5.65. The van der Waals surface area contributed by atoms with Crippen LogP contribution in [0.1, 0.15) is 18.6 Å². The summed E-state index contributed by atoms with van der Waals surface area (Å²) in [5.41, 5.74) is 0.905. The van der Waals surface area contributed by atoms with Crippen molar-refractivity contribution in [2.45, 2.75) is 24.0 Å². The SMILES string of the molecule is CC1CN(c2ccc(S(=O)(=O)N3CCN(C)CC3)cn2)CC(c2ccc(F)cc2)O1. The van der Waals surface area contributed by atoms with Crippen LogP contribution in [0.2, 0.25) is 0 Å². The molecule has 1 aromatic heterocycles. The van der Waals surface area contributed by atoms with E-state index in [-0.39, 0.29) is 22.9 Å². The summed E-state index contributed by atoms with van der Waals surface area (Å²) in [6, 6.07) is 9.70. The molecule has 2 atom stereocenters. The molecule has 3 heterocycles. The summed E-state index contributed by atoms with van der Waals surface area (Å²) in [5.74, 6) is 0.424. The number of ether oxygens (including phenoxy) is 1. The molecule has 2 aliphatic heterocycles. The molecular formula is C21H27FN4O3S. The molecule has 2 fully saturated rings. The lowest BCUT2D eigenvalue weighted by molar-refractivity contribution is -0.0176. The zero-order valence-electron chi connectivity index (χ0n) is 17.2. The molecule has 0 radical (unpaired) electrons. The summed E-state index contributed by atoms with van der Waals surface area (Å²) < 4.78 is 46.6. The van der Waals surface area contributed by atoms with Gasteiger partial charge in [0.05, 0.1) is 6.10 Å². The van der Waals surface area contributed by atoms with Crippen molar-refractivity contribution in [2.75, 3.05) is 51.2 Å². The Morgan fingerprint density at radius 2 is 1.73 bits per heavy atom. The highest BCUT2D eigenvalue weighted by Crippen LogP contribution is 2.28. The number of nitrogens with zero attached hydrogens (tertiary/aromatic N) is 4. The standard InChI is InChI=1S/C21H27FN4O3S/c1-16-14-25(15-20(29-16)17-3-5-18(22)6-4-17)21-8-7-19(13-23-21)30(27,28)26-11-9-24(2)10-12-26/h3-8,13,16,20H,9-12,14-15H2,1-2H3. The van der Waals surface area contributed by atoms with Gasteiger partial charge in [-0.15, -0.1) is 0 Å². The second kappa shape index (κ2) is 8.58. The summed E-state index contributed by atoms with van der Waals surface area (Å²) in [6.07, 6.45) is 1.20. The monoisotopic (exact) mass is 434 g/mol. The molecular weight excluding hydrogens is 407 g/mol. The third kappa shape index (κ3) is 4.49. The van der Waals surface area contributed by atoms with Gasteiger partial charge in [-0.25, -0.2) is 17.8 Å². The van der Waals surface area contributed by atoms with Crippen LogP contribution in [0.3, 0.4) is 0 Å². The molecule has 162 valence electrons. The molecule has 0 amide bonds. The Hall–Kier alpha value is -2.07. The van der Waals surface area contributed by atoms with Crippen LogP contribution in [0.25, 0.3) is 0 Å². The van der Waals surface area contributed by atoms with Gasteiger partial charge >= 0.3 is 0 Å². The number of pyridine rings is 1. The molecule has 2 aliphatic rings. The van der Waals surface area contributed by atoms with Gasteiger partial charge in [-0.3, -0.25) is 0 Å². The number of rotatable bonds is 4. The van der Waals surface area contributed by atoms with Crippen LogP contribution in [0.15, 0.2) is 47.5 Å². The minimum atomic E-state index is -3.54. The second-order valence-electron chi connectivity index (χ2n) is 7.95. The Bertz CT molecular complexity index is 961. The van der Waals surface area contributed by atoms with E-state index in [1.807, 2.05) is 14.0 Å². The fraction of sp³-hybridized carbons (Fsp3) is 0.476. The molecule has 9 heteroatoms. The van der Waals surface area contributed by atoms with Crippen molar-refractivity contribution in [1.82, 2.24) is 14.2 Å². The molecule has 2 aromatic rings. The van der Waals surface area contributed by atoms with Crippen molar-refractivity contribution >= 4 is 15.8 Å². The van der Waals surface area contributed by atoms with Gasteiger partial charge in [0.2, 0.25) is 10.0 Å². The molecule has 0 spiro atoms. The Labute approximate surface area is 177 Å². The first-order chi connectivity index (χ1) is 14.3. The van der Waals surface area contributed by atoms with E-state index in [0.29, 0.717) is 32.0 Å². The number of halogens is 1. The number of aromatic nitrogens is 1. The fourth-order valence-electron chi connectivity index (χ4n) is 3.89. The Kier molecular flexibility index (Phi) is 6.06. The average molecular weight is 435 g/mol. The van der Waals surface area contributed by atoms with Gasteiger partial charge in [0, 0.05) is 45.5 Å². The molecule has 2 unspecified atom stereocenters. The first kappa shape index (κ1) is 21.2. The summed E-state index contributed by atoms with van der Waals surface area (Å²) >= 11 is 0. The summed E-state index contributed by atoms with van der Waals surface area (Å²) in [6.45, 7) is 5.61. The van der Waals surface area contributed by atoms with Crippen LogP contribution in [0.5, 0.6) is 0 Å². The van der Waals surface area contributed by atoms with Crippen LogP contribution < -0.4 is 4.90 Å². The van der Waals surface area contributed by atoms with E-state index in [9.17, 15) is 12.8 Å². The topological polar surface area (TPSA) is 66.0 Å². The first-order valence-electron chi connectivity index (χ1n) is 10.1. The van der Waals surface area contributed by atoms with Crippen molar-refractivity contribution < 1.29 is 17.5 Å². The van der Waals surface area contributed by atoms with Crippen molar-refractivity contribution in [2.24, 2.45) is 0 Å². The average Bonchev–Trinajstić information content (AvgIpc) is 2.74. The van der Waals surface area contributed by atoms with Crippen molar-refractivity contribution in [3.8, 4) is 0 Å². The van der Waals surface area contributed by atoms with Crippen LogP contribution >= 0.6 is 0 Å². The van der Waals surface area contributed by atoms with E-state index >= 15 is 0 Å². The van der Waals surface area contributed by atoms with Gasteiger partial charge < -0.3 is 14.5 Å².